The standard InChI is InChI=1S/C9H13N5O3S/c15-2-1-14-7-9(6-12-14)18(16,17)13-5-8-3-10-11-4-8/h3-4,6-7,13,15H,1-2,5H2,(H,10,11). The lowest BCUT2D eigenvalue weighted by Crippen LogP contribution is -2.22. The smallest absolute Gasteiger partial charge is 0.243 e. The number of nitrogens with zero attached hydrogens (tertiary/aromatic N) is 3. The summed E-state index contributed by atoms with van der Waals surface area (Å²) in [6, 6.07) is 0. The predicted octanol–water partition coefficient (Wildman–Crippen LogP) is -0.923. The Bertz CT molecular complexity index is 590. The summed E-state index contributed by atoms with van der Waals surface area (Å²) in [5.74, 6) is 0. The summed E-state index contributed by atoms with van der Waals surface area (Å²) in [4.78, 5) is 0.0689. The first kappa shape index (κ1) is 12.7. The SMILES string of the molecule is O=S(=O)(NCc1cn[nH]c1)c1cnn(CCO)c1. The van der Waals surface area contributed by atoms with Crippen molar-refractivity contribution in [1.82, 2.24) is 24.7 Å². The van der Waals surface area contributed by atoms with Crippen molar-refractivity contribution in [2.45, 2.75) is 18.0 Å². The molecule has 9 heteroatoms. The Morgan fingerprint density at radius 3 is 2.94 bits per heavy atom. The van der Waals surface area contributed by atoms with E-state index in [4.69, 9.17) is 5.11 Å². The van der Waals surface area contributed by atoms with Gasteiger partial charge in [0, 0.05) is 24.5 Å². The Morgan fingerprint density at radius 1 is 1.44 bits per heavy atom. The van der Waals surface area contributed by atoms with Crippen LogP contribution in [0.2, 0.25) is 0 Å². The zero-order chi connectivity index (χ0) is 13.0. The minimum atomic E-state index is -3.59. The first-order valence-corrected chi connectivity index (χ1v) is 6.71. The molecule has 0 saturated heterocycles. The number of H-pyrrole nitrogens is 1. The Hall–Kier alpha value is -1.71. The molecule has 0 saturated carbocycles. The van der Waals surface area contributed by atoms with E-state index in [1.807, 2.05) is 0 Å². The number of aliphatic hydroxyl groups excluding tert-OH is 1. The van der Waals surface area contributed by atoms with Crippen molar-refractivity contribution in [3.63, 3.8) is 0 Å². The van der Waals surface area contributed by atoms with Gasteiger partial charge in [0.2, 0.25) is 10.0 Å². The molecule has 2 aromatic rings. The molecule has 2 rings (SSSR count). The van der Waals surface area contributed by atoms with Crippen LogP contribution in [0, 0.1) is 0 Å². The lowest BCUT2D eigenvalue weighted by molar-refractivity contribution is 0.269. The molecule has 0 fully saturated rings. The number of hydrogen-bond donors (Lipinski definition) is 3. The van der Waals surface area contributed by atoms with Gasteiger partial charge in [0.1, 0.15) is 4.90 Å². The lowest BCUT2D eigenvalue weighted by Gasteiger charge is -2.02. The van der Waals surface area contributed by atoms with Gasteiger partial charge in [0.05, 0.1) is 25.5 Å². The first-order valence-electron chi connectivity index (χ1n) is 5.22. The second-order valence-corrected chi connectivity index (χ2v) is 5.36. The van der Waals surface area contributed by atoms with E-state index < -0.39 is 10.0 Å². The van der Waals surface area contributed by atoms with E-state index in [1.165, 1.54) is 23.3 Å². The Morgan fingerprint density at radius 2 is 2.28 bits per heavy atom. The number of sulfonamides is 1. The fourth-order valence-electron chi connectivity index (χ4n) is 1.34. The molecule has 0 radical (unpaired) electrons. The second-order valence-electron chi connectivity index (χ2n) is 3.59. The molecule has 0 atom stereocenters. The van der Waals surface area contributed by atoms with Gasteiger partial charge in [0.15, 0.2) is 0 Å². The molecule has 0 aliphatic heterocycles. The van der Waals surface area contributed by atoms with Crippen LogP contribution in [0.1, 0.15) is 5.56 Å². The molecular weight excluding hydrogens is 258 g/mol. The van der Waals surface area contributed by atoms with Gasteiger partial charge in [-0.3, -0.25) is 9.78 Å². The minimum absolute atomic E-state index is 0.0689. The van der Waals surface area contributed by atoms with Crippen LogP contribution in [0.3, 0.4) is 0 Å². The van der Waals surface area contributed by atoms with Crippen LogP contribution in [0.15, 0.2) is 29.7 Å². The van der Waals surface area contributed by atoms with Gasteiger partial charge in [-0.05, 0) is 0 Å². The van der Waals surface area contributed by atoms with E-state index in [0.29, 0.717) is 0 Å². The number of nitrogens with one attached hydrogen (secondary N) is 2. The van der Waals surface area contributed by atoms with Crippen molar-refractivity contribution in [1.29, 1.82) is 0 Å². The number of aromatic amines is 1. The van der Waals surface area contributed by atoms with Crippen molar-refractivity contribution in [2.75, 3.05) is 6.61 Å². The summed E-state index contributed by atoms with van der Waals surface area (Å²) >= 11 is 0. The average Bonchev–Trinajstić information content (AvgIpc) is 2.98. The molecule has 8 nitrogen and oxygen atoms in total. The van der Waals surface area contributed by atoms with Crippen molar-refractivity contribution in [2.24, 2.45) is 0 Å². The molecular formula is C9H13N5O3S. The van der Waals surface area contributed by atoms with Crippen LogP contribution >= 0.6 is 0 Å². The van der Waals surface area contributed by atoms with Gasteiger partial charge in [0.25, 0.3) is 0 Å². The average molecular weight is 271 g/mol. The van der Waals surface area contributed by atoms with Gasteiger partial charge >= 0.3 is 0 Å². The maximum Gasteiger partial charge on any atom is 0.243 e. The molecule has 2 aromatic heterocycles. The topological polar surface area (TPSA) is 113 Å². The Balaban J connectivity index is 2.05. The van der Waals surface area contributed by atoms with E-state index >= 15 is 0 Å². The second kappa shape index (κ2) is 5.29. The monoisotopic (exact) mass is 271 g/mol. The molecule has 18 heavy (non-hydrogen) atoms. The first-order chi connectivity index (χ1) is 8.62. The molecule has 0 aliphatic carbocycles. The number of aliphatic hydroxyl groups is 1. The van der Waals surface area contributed by atoms with E-state index in [1.54, 1.807) is 6.20 Å². The van der Waals surface area contributed by atoms with Gasteiger partial charge < -0.3 is 5.11 Å². The summed E-state index contributed by atoms with van der Waals surface area (Å²) < 4.78 is 27.6. The zero-order valence-corrected chi connectivity index (χ0v) is 10.3. The molecule has 0 unspecified atom stereocenters. The molecule has 0 aromatic carbocycles. The van der Waals surface area contributed by atoms with Gasteiger partial charge in [-0.2, -0.15) is 10.2 Å². The fraction of sp³-hybridized carbons (Fsp3) is 0.333. The third-order valence-electron chi connectivity index (χ3n) is 2.27. The van der Waals surface area contributed by atoms with E-state index in [2.05, 4.69) is 20.0 Å². The third-order valence-corrected chi connectivity index (χ3v) is 3.63. The third kappa shape index (κ3) is 2.94. The summed E-state index contributed by atoms with van der Waals surface area (Å²) in [6.07, 6.45) is 5.76. The summed E-state index contributed by atoms with van der Waals surface area (Å²) in [5, 5.41) is 18.9. The molecule has 0 aliphatic rings. The molecule has 0 bridgehead atoms. The highest BCUT2D eigenvalue weighted by atomic mass is 32.2. The number of aromatic nitrogens is 4. The van der Waals surface area contributed by atoms with Crippen LogP contribution in [-0.4, -0.2) is 40.1 Å². The Labute approximate surface area is 104 Å². The number of hydrogen-bond acceptors (Lipinski definition) is 5. The molecule has 2 heterocycles. The maximum absolute atomic E-state index is 11.9. The van der Waals surface area contributed by atoms with Crippen molar-refractivity contribution in [3.05, 3.63) is 30.4 Å². The summed E-state index contributed by atoms with van der Waals surface area (Å²) in [6.45, 7) is 0.324. The van der Waals surface area contributed by atoms with Crippen LogP contribution in [0.5, 0.6) is 0 Å². The van der Waals surface area contributed by atoms with Crippen molar-refractivity contribution in [3.8, 4) is 0 Å². The normalized spacial score (nSPS) is 11.8. The summed E-state index contributed by atoms with van der Waals surface area (Å²) in [7, 11) is -3.59. The van der Waals surface area contributed by atoms with Crippen LogP contribution in [0.25, 0.3) is 0 Å². The van der Waals surface area contributed by atoms with Crippen molar-refractivity contribution >= 4 is 10.0 Å². The van der Waals surface area contributed by atoms with Gasteiger partial charge in [-0.25, -0.2) is 13.1 Å². The fourth-order valence-corrected chi connectivity index (χ4v) is 2.31. The predicted molar refractivity (Wildman–Crippen MR) is 61.9 cm³/mol. The largest absolute Gasteiger partial charge is 0.394 e. The summed E-state index contributed by atoms with van der Waals surface area (Å²) in [5.41, 5.74) is 0.737. The van der Waals surface area contributed by atoms with Gasteiger partial charge in [-0.1, -0.05) is 0 Å². The van der Waals surface area contributed by atoms with E-state index in [9.17, 15) is 8.42 Å². The van der Waals surface area contributed by atoms with Crippen molar-refractivity contribution < 1.29 is 13.5 Å². The quantitative estimate of drug-likeness (QED) is 0.628. The van der Waals surface area contributed by atoms with Crippen LogP contribution < -0.4 is 4.72 Å². The minimum Gasteiger partial charge on any atom is -0.394 e. The number of rotatable bonds is 6. The van der Waals surface area contributed by atoms with Gasteiger partial charge in [-0.15, -0.1) is 0 Å². The highest BCUT2D eigenvalue weighted by molar-refractivity contribution is 7.89. The lowest BCUT2D eigenvalue weighted by atomic mass is 10.4. The van der Waals surface area contributed by atoms with Crippen LogP contribution in [0.4, 0.5) is 0 Å². The van der Waals surface area contributed by atoms with E-state index in [0.717, 1.165) is 5.56 Å². The zero-order valence-electron chi connectivity index (χ0n) is 9.44. The maximum atomic E-state index is 11.9. The molecule has 98 valence electrons. The molecule has 0 spiro atoms. The highest BCUT2D eigenvalue weighted by Gasteiger charge is 2.16. The Kier molecular flexibility index (Phi) is 3.75. The molecule has 0 amide bonds. The molecule has 3 N–H and O–H groups in total. The highest BCUT2D eigenvalue weighted by Crippen LogP contribution is 2.07. The van der Waals surface area contributed by atoms with E-state index in [-0.39, 0.29) is 24.6 Å². The van der Waals surface area contributed by atoms with Crippen LogP contribution in [-0.2, 0) is 23.1 Å².